The number of nitrogens with one attached hydrogen (secondary N) is 1. The van der Waals surface area contributed by atoms with Crippen molar-refractivity contribution in [3.8, 4) is 17.3 Å². The van der Waals surface area contributed by atoms with E-state index in [0.29, 0.717) is 48.1 Å². The van der Waals surface area contributed by atoms with Gasteiger partial charge >= 0.3 is 6.09 Å². The number of carbonyl (C=O) groups is 1. The molecule has 0 atom stereocenters. The van der Waals surface area contributed by atoms with E-state index in [9.17, 15) is 4.79 Å². The SMILES string of the molecule is CCn1c(-c2cnc(C)nc2)nc2c(O[C@H]3C[C@@H](NC(=O)O)C3)ncnc21. The Hall–Kier alpha value is -3.30. The Kier molecular flexibility index (Phi) is 4.30. The van der Waals surface area contributed by atoms with Gasteiger partial charge in [-0.2, -0.15) is 4.98 Å². The molecule has 0 aliphatic heterocycles. The summed E-state index contributed by atoms with van der Waals surface area (Å²) in [7, 11) is 0. The number of carboxylic acid groups (broad SMARTS) is 1. The van der Waals surface area contributed by atoms with E-state index in [0.717, 1.165) is 5.56 Å². The predicted octanol–water partition coefficient (Wildman–Crippen LogP) is 1.79. The number of amides is 1. The third-order valence-corrected chi connectivity index (χ3v) is 4.55. The summed E-state index contributed by atoms with van der Waals surface area (Å²) in [4.78, 5) is 32.4. The van der Waals surface area contributed by atoms with E-state index in [1.807, 2.05) is 18.4 Å². The number of rotatable bonds is 5. The first kappa shape index (κ1) is 17.1. The molecule has 3 heterocycles. The molecule has 1 aliphatic carbocycles. The van der Waals surface area contributed by atoms with E-state index in [2.05, 4.69) is 30.2 Å². The zero-order valence-electron chi connectivity index (χ0n) is 15.0. The molecule has 10 nitrogen and oxygen atoms in total. The molecule has 1 saturated carbocycles. The summed E-state index contributed by atoms with van der Waals surface area (Å²) < 4.78 is 7.92. The minimum absolute atomic E-state index is 0.0849. The number of ether oxygens (including phenoxy) is 1. The summed E-state index contributed by atoms with van der Waals surface area (Å²) in [6.45, 7) is 4.51. The average molecular weight is 369 g/mol. The van der Waals surface area contributed by atoms with Crippen LogP contribution in [0.15, 0.2) is 18.7 Å². The molecule has 4 rings (SSSR count). The third-order valence-electron chi connectivity index (χ3n) is 4.55. The van der Waals surface area contributed by atoms with Crippen LogP contribution in [-0.2, 0) is 6.54 Å². The van der Waals surface area contributed by atoms with Crippen LogP contribution in [0.4, 0.5) is 4.79 Å². The molecule has 27 heavy (non-hydrogen) atoms. The minimum atomic E-state index is -1.02. The smallest absolute Gasteiger partial charge is 0.404 e. The van der Waals surface area contributed by atoms with Gasteiger partial charge in [0, 0.05) is 37.8 Å². The van der Waals surface area contributed by atoms with Crippen LogP contribution in [-0.4, -0.2) is 52.8 Å². The fourth-order valence-electron chi connectivity index (χ4n) is 3.14. The zero-order valence-corrected chi connectivity index (χ0v) is 15.0. The molecule has 1 amide bonds. The summed E-state index contributed by atoms with van der Waals surface area (Å²) in [6, 6.07) is -0.0849. The van der Waals surface area contributed by atoms with Gasteiger partial charge in [-0.25, -0.2) is 24.7 Å². The monoisotopic (exact) mass is 369 g/mol. The van der Waals surface area contributed by atoms with Crippen LogP contribution in [0.1, 0.15) is 25.6 Å². The van der Waals surface area contributed by atoms with Gasteiger partial charge in [0.15, 0.2) is 11.2 Å². The number of aromatic nitrogens is 6. The van der Waals surface area contributed by atoms with E-state index in [4.69, 9.17) is 9.84 Å². The maximum atomic E-state index is 10.7. The lowest BCUT2D eigenvalue weighted by molar-refractivity contribution is 0.0805. The highest BCUT2D eigenvalue weighted by Gasteiger charge is 2.33. The molecule has 0 unspecified atom stereocenters. The first-order valence-electron chi connectivity index (χ1n) is 8.71. The van der Waals surface area contributed by atoms with Crippen molar-refractivity contribution in [1.29, 1.82) is 0 Å². The average Bonchev–Trinajstić information content (AvgIpc) is 2.99. The van der Waals surface area contributed by atoms with Gasteiger partial charge in [0.25, 0.3) is 0 Å². The molecule has 10 heteroatoms. The van der Waals surface area contributed by atoms with Crippen LogP contribution in [0.3, 0.4) is 0 Å². The summed E-state index contributed by atoms with van der Waals surface area (Å²) in [5.74, 6) is 1.80. The van der Waals surface area contributed by atoms with Crippen molar-refractivity contribution in [2.75, 3.05) is 0 Å². The van der Waals surface area contributed by atoms with Gasteiger partial charge in [0.2, 0.25) is 5.88 Å². The van der Waals surface area contributed by atoms with Gasteiger partial charge in [-0.3, -0.25) is 0 Å². The van der Waals surface area contributed by atoms with Gasteiger partial charge in [0.1, 0.15) is 24.1 Å². The van der Waals surface area contributed by atoms with E-state index in [1.54, 1.807) is 12.4 Å². The highest BCUT2D eigenvalue weighted by molar-refractivity contribution is 5.81. The van der Waals surface area contributed by atoms with Crippen molar-refractivity contribution in [2.45, 2.75) is 45.4 Å². The summed E-state index contributed by atoms with van der Waals surface area (Å²) in [5.41, 5.74) is 2.04. The largest absolute Gasteiger partial charge is 0.473 e. The molecule has 0 bridgehead atoms. The minimum Gasteiger partial charge on any atom is -0.473 e. The van der Waals surface area contributed by atoms with Crippen molar-refractivity contribution >= 4 is 17.3 Å². The van der Waals surface area contributed by atoms with E-state index in [1.165, 1.54) is 6.33 Å². The van der Waals surface area contributed by atoms with Crippen molar-refractivity contribution in [1.82, 2.24) is 34.8 Å². The maximum Gasteiger partial charge on any atom is 0.404 e. The second-order valence-electron chi connectivity index (χ2n) is 6.41. The Morgan fingerprint density at radius 3 is 2.70 bits per heavy atom. The molecule has 140 valence electrons. The van der Waals surface area contributed by atoms with Crippen LogP contribution < -0.4 is 10.1 Å². The highest BCUT2D eigenvalue weighted by atomic mass is 16.5. The Bertz CT molecular complexity index is 980. The van der Waals surface area contributed by atoms with Crippen molar-refractivity contribution < 1.29 is 14.6 Å². The Morgan fingerprint density at radius 2 is 2.04 bits per heavy atom. The highest BCUT2D eigenvalue weighted by Crippen LogP contribution is 2.31. The Labute approximate surface area is 154 Å². The van der Waals surface area contributed by atoms with E-state index >= 15 is 0 Å². The van der Waals surface area contributed by atoms with Crippen LogP contribution >= 0.6 is 0 Å². The zero-order chi connectivity index (χ0) is 19.0. The standard InChI is InChI=1S/C17H19N7O3/c1-3-24-14(10-6-18-9(2)19-7-10)23-13-15(24)20-8-21-16(13)27-12-4-11(5-12)22-17(25)26/h6-8,11-12,22H,3-5H2,1-2H3,(H,25,26)/t11-,12+. The van der Waals surface area contributed by atoms with Gasteiger partial charge < -0.3 is 19.7 Å². The number of hydrogen-bond acceptors (Lipinski definition) is 7. The van der Waals surface area contributed by atoms with Crippen LogP contribution in [0.2, 0.25) is 0 Å². The Morgan fingerprint density at radius 1 is 1.30 bits per heavy atom. The molecule has 2 N–H and O–H groups in total. The summed E-state index contributed by atoms with van der Waals surface area (Å²) in [5, 5.41) is 11.2. The van der Waals surface area contributed by atoms with Gasteiger partial charge in [-0.15, -0.1) is 0 Å². The molecule has 3 aromatic rings. The topological polar surface area (TPSA) is 128 Å². The molecule has 0 aromatic carbocycles. The second-order valence-corrected chi connectivity index (χ2v) is 6.41. The molecule has 1 aliphatic rings. The fraction of sp³-hybridized carbons (Fsp3) is 0.412. The fourth-order valence-corrected chi connectivity index (χ4v) is 3.14. The molecule has 0 saturated heterocycles. The van der Waals surface area contributed by atoms with Crippen LogP contribution in [0.25, 0.3) is 22.6 Å². The number of imidazole rings is 1. The van der Waals surface area contributed by atoms with Gasteiger partial charge in [-0.1, -0.05) is 0 Å². The number of aryl methyl sites for hydroxylation is 2. The van der Waals surface area contributed by atoms with Crippen molar-refractivity contribution in [3.63, 3.8) is 0 Å². The first-order chi connectivity index (χ1) is 13.0. The number of nitrogens with zero attached hydrogens (tertiary/aromatic N) is 6. The molecule has 1 fully saturated rings. The molecule has 3 aromatic heterocycles. The Balaban J connectivity index is 1.63. The molecular weight excluding hydrogens is 350 g/mol. The maximum absolute atomic E-state index is 10.7. The lowest BCUT2D eigenvalue weighted by atomic mass is 9.89. The van der Waals surface area contributed by atoms with Crippen molar-refractivity contribution in [2.24, 2.45) is 0 Å². The summed E-state index contributed by atoms with van der Waals surface area (Å²) in [6.07, 6.45) is 5.00. The second kappa shape index (κ2) is 6.78. The lowest BCUT2D eigenvalue weighted by Gasteiger charge is -2.34. The third kappa shape index (κ3) is 3.25. The van der Waals surface area contributed by atoms with E-state index < -0.39 is 6.09 Å². The number of hydrogen-bond donors (Lipinski definition) is 2. The van der Waals surface area contributed by atoms with Crippen LogP contribution in [0.5, 0.6) is 5.88 Å². The van der Waals surface area contributed by atoms with Crippen molar-refractivity contribution in [3.05, 3.63) is 24.5 Å². The summed E-state index contributed by atoms with van der Waals surface area (Å²) >= 11 is 0. The lowest BCUT2D eigenvalue weighted by Crippen LogP contribution is -2.48. The van der Waals surface area contributed by atoms with Gasteiger partial charge in [-0.05, 0) is 13.8 Å². The number of fused-ring (bicyclic) bond motifs is 1. The molecule has 0 radical (unpaired) electrons. The predicted molar refractivity (Wildman–Crippen MR) is 95.4 cm³/mol. The quantitative estimate of drug-likeness (QED) is 0.696. The van der Waals surface area contributed by atoms with Gasteiger partial charge in [0.05, 0.1) is 5.56 Å². The normalized spacial score (nSPS) is 18.9. The first-order valence-corrected chi connectivity index (χ1v) is 8.71. The van der Waals surface area contributed by atoms with Crippen LogP contribution in [0, 0.1) is 6.92 Å². The molecular formula is C17H19N7O3. The van der Waals surface area contributed by atoms with E-state index in [-0.39, 0.29) is 12.1 Å². The molecule has 0 spiro atoms.